The molecule has 5 rings (SSSR count). The smallest absolute Gasteiger partial charge is 0.277 e. The number of carbonyl (C=O) groups excluding carboxylic acids is 1. The predicted molar refractivity (Wildman–Crippen MR) is 164 cm³/mol. The fourth-order valence-corrected chi connectivity index (χ4v) is 6.70. The highest BCUT2D eigenvalue weighted by atomic mass is 35.5. The number of aliphatic hydroxyl groups excluding tert-OH is 1. The number of methoxy groups -OCH3 is 1. The Morgan fingerprint density at radius 3 is 2.77 bits per heavy atom. The maximum Gasteiger partial charge on any atom is 0.277 e. The minimum absolute atomic E-state index is 0.0454. The first-order chi connectivity index (χ1) is 21.1. The Hall–Kier alpha value is -3.79. The topological polar surface area (TPSA) is 141 Å². The lowest BCUT2D eigenvalue weighted by molar-refractivity contribution is -0.385. The van der Waals surface area contributed by atoms with Crippen LogP contribution in [-0.4, -0.2) is 53.2 Å². The zero-order chi connectivity index (χ0) is 31.8. The number of carbonyl (C=O) groups is 1. The quantitative estimate of drug-likeness (QED) is 0.171. The first-order valence-corrected chi connectivity index (χ1v) is 14.7. The van der Waals surface area contributed by atoms with E-state index in [9.17, 15) is 25.3 Å². The summed E-state index contributed by atoms with van der Waals surface area (Å²) >= 11 is 12.1. The normalized spacial score (nSPS) is 24.9. The van der Waals surface area contributed by atoms with Gasteiger partial charge in [-0.1, -0.05) is 41.9 Å². The molecule has 0 radical (unpaired) electrons. The fourth-order valence-electron chi connectivity index (χ4n) is 6.45. The number of benzene rings is 2. The molecule has 2 aromatic carbocycles. The number of fused-ring (bicyclic) bond motifs is 2. The third-order valence-corrected chi connectivity index (χ3v) is 8.84. The van der Waals surface area contributed by atoms with Gasteiger partial charge in [-0.3, -0.25) is 19.8 Å². The van der Waals surface area contributed by atoms with E-state index >= 15 is 4.39 Å². The number of hydrogen-bond acceptors (Lipinski definition) is 8. The van der Waals surface area contributed by atoms with Crippen molar-refractivity contribution in [2.45, 2.75) is 37.0 Å². The molecule has 2 heterocycles. The fraction of sp³-hybridized carbons (Fsp3) is 0.355. The molecule has 1 spiro atoms. The molecule has 3 aliphatic rings. The monoisotopic (exact) mass is 641 g/mol. The molecule has 4 atom stereocenters. The summed E-state index contributed by atoms with van der Waals surface area (Å²) in [7, 11) is 1.31. The predicted octanol–water partition coefficient (Wildman–Crippen LogP) is 5.30. The van der Waals surface area contributed by atoms with Crippen molar-refractivity contribution in [2.75, 3.05) is 25.6 Å². The van der Waals surface area contributed by atoms with Gasteiger partial charge in [0.1, 0.15) is 23.2 Å². The standard InChI is InChI=1S/C31H30Cl2FN5O5/c1-17(32)4-3-5-23(34)28-29(36-14-20-10-19(13-35)27(44-2)12-25(20)39(42)43)26(16-40)38(15-18-6-7-18)31(28)22-9-8-21(33)11-24(22)37-30(31)41/h3-5,8-12,18,26,28-29,36,40H,1,6-7,14-16H2,2H3,(H,37,41)/b4-3-,23-5-/t26-,28-,29+,31+/m0/s1. The Bertz CT molecular complexity index is 1620. The third kappa shape index (κ3) is 5.60. The molecular weight excluding hydrogens is 612 g/mol. The highest BCUT2D eigenvalue weighted by Gasteiger charge is 2.67. The van der Waals surface area contributed by atoms with Crippen LogP contribution in [0.4, 0.5) is 15.8 Å². The van der Waals surface area contributed by atoms with Crippen molar-refractivity contribution in [1.82, 2.24) is 10.2 Å². The number of nitrogens with one attached hydrogen (secondary N) is 2. The van der Waals surface area contributed by atoms with Crippen molar-refractivity contribution in [3.05, 3.63) is 97.8 Å². The zero-order valence-electron chi connectivity index (χ0n) is 23.7. The maximum atomic E-state index is 16.7. The van der Waals surface area contributed by atoms with Gasteiger partial charge in [-0.25, -0.2) is 4.39 Å². The van der Waals surface area contributed by atoms with Crippen molar-refractivity contribution in [1.29, 1.82) is 5.26 Å². The van der Waals surface area contributed by atoms with Gasteiger partial charge in [0.15, 0.2) is 0 Å². The van der Waals surface area contributed by atoms with Crippen molar-refractivity contribution in [3.8, 4) is 11.8 Å². The van der Waals surface area contributed by atoms with E-state index in [0.717, 1.165) is 12.8 Å². The zero-order valence-corrected chi connectivity index (χ0v) is 25.2. The summed E-state index contributed by atoms with van der Waals surface area (Å²) in [6, 6.07) is 7.73. The number of ether oxygens (including phenoxy) is 1. The van der Waals surface area contributed by atoms with Crippen molar-refractivity contribution in [3.63, 3.8) is 0 Å². The largest absolute Gasteiger partial charge is 0.495 e. The Balaban J connectivity index is 1.67. The summed E-state index contributed by atoms with van der Waals surface area (Å²) in [5, 5.41) is 39.1. The Morgan fingerprint density at radius 2 is 2.16 bits per heavy atom. The molecule has 230 valence electrons. The van der Waals surface area contributed by atoms with Crippen LogP contribution < -0.4 is 15.4 Å². The highest BCUT2D eigenvalue weighted by Crippen LogP contribution is 2.56. The van der Waals surface area contributed by atoms with Crippen LogP contribution in [0.5, 0.6) is 5.75 Å². The van der Waals surface area contributed by atoms with Gasteiger partial charge in [0.2, 0.25) is 5.91 Å². The van der Waals surface area contributed by atoms with Crippen LogP contribution in [0, 0.1) is 33.3 Å². The first-order valence-electron chi connectivity index (χ1n) is 13.9. The summed E-state index contributed by atoms with van der Waals surface area (Å²) in [5.41, 5.74) is -0.690. The van der Waals surface area contributed by atoms with E-state index in [1.165, 1.54) is 37.5 Å². The molecule has 3 N–H and O–H groups in total. The number of nitriles is 1. The Kier molecular flexibility index (Phi) is 9.11. The minimum atomic E-state index is -1.58. The number of anilines is 1. The molecule has 1 saturated heterocycles. The Labute approximate surface area is 263 Å². The maximum absolute atomic E-state index is 16.7. The van der Waals surface area contributed by atoms with Crippen molar-refractivity contribution in [2.24, 2.45) is 11.8 Å². The van der Waals surface area contributed by atoms with Crippen LogP contribution in [0.2, 0.25) is 5.02 Å². The van der Waals surface area contributed by atoms with Crippen LogP contribution >= 0.6 is 23.2 Å². The first kappa shape index (κ1) is 31.6. The SMILES string of the molecule is C=C(Cl)/C=C\C=C(/F)[C@H]1[C@H](NCc2cc(C#N)c(OC)cc2[N+](=O)[O-])[C@H](CO)N(CC2CC2)[C@@]12C(=O)Nc1cc(Cl)ccc12. The lowest BCUT2D eigenvalue weighted by Gasteiger charge is -2.38. The number of halogens is 3. The van der Waals surface area contributed by atoms with E-state index in [4.69, 9.17) is 27.9 Å². The highest BCUT2D eigenvalue weighted by molar-refractivity contribution is 6.31. The van der Waals surface area contributed by atoms with E-state index in [-0.39, 0.29) is 40.1 Å². The summed E-state index contributed by atoms with van der Waals surface area (Å²) in [6.07, 6.45) is 5.85. The number of nitrogens with zero attached hydrogens (tertiary/aromatic N) is 3. The van der Waals surface area contributed by atoms with E-state index in [1.807, 2.05) is 11.0 Å². The van der Waals surface area contributed by atoms with Crippen LogP contribution in [0.1, 0.15) is 29.5 Å². The molecule has 1 amide bonds. The van der Waals surface area contributed by atoms with Gasteiger partial charge in [-0.05, 0) is 49.1 Å². The van der Waals surface area contributed by atoms with E-state index in [0.29, 0.717) is 22.8 Å². The van der Waals surface area contributed by atoms with Gasteiger partial charge >= 0.3 is 0 Å². The van der Waals surface area contributed by atoms with Gasteiger partial charge in [0.25, 0.3) is 5.69 Å². The van der Waals surface area contributed by atoms with Crippen molar-refractivity contribution < 1.29 is 24.0 Å². The second-order valence-corrected chi connectivity index (χ2v) is 12.0. The average molecular weight is 643 g/mol. The molecule has 1 saturated carbocycles. The molecule has 2 aliphatic heterocycles. The van der Waals surface area contributed by atoms with Gasteiger partial charge in [0, 0.05) is 46.0 Å². The van der Waals surface area contributed by atoms with Crippen LogP contribution in [0.3, 0.4) is 0 Å². The molecule has 10 nitrogen and oxygen atoms in total. The number of rotatable bonds is 11. The lowest BCUT2D eigenvalue weighted by atomic mass is 9.76. The van der Waals surface area contributed by atoms with Gasteiger partial charge in [-0.2, -0.15) is 5.26 Å². The number of allylic oxidation sites excluding steroid dienone is 4. The van der Waals surface area contributed by atoms with E-state index in [1.54, 1.807) is 18.2 Å². The van der Waals surface area contributed by atoms with Gasteiger partial charge in [0.05, 0.1) is 42.2 Å². The number of amides is 1. The lowest BCUT2D eigenvalue weighted by Crippen LogP contribution is -2.54. The second kappa shape index (κ2) is 12.7. The van der Waals surface area contributed by atoms with E-state index in [2.05, 4.69) is 17.2 Å². The molecule has 13 heteroatoms. The summed E-state index contributed by atoms with van der Waals surface area (Å²) in [6.45, 7) is 3.39. The van der Waals surface area contributed by atoms with Crippen molar-refractivity contribution >= 4 is 40.5 Å². The summed E-state index contributed by atoms with van der Waals surface area (Å²) in [5.74, 6) is -2.05. The number of nitro groups is 1. The van der Waals surface area contributed by atoms with Crippen LogP contribution in [0.25, 0.3) is 0 Å². The minimum Gasteiger partial charge on any atom is -0.495 e. The molecule has 2 fully saturated rings. The molecule has 0 bridgehead atoms. The number of likely N-dealkylation sites (tertiary alicyclic amines) is 1. The molecule has 0 aromatic heterocycles. The van der Waals surface area contributed by atoms with Gasteiger partial charge < -0.3 is 20.5 Å². The number of nitro benzene ring substituents is 1. The third-order valence-electron chi connectivity index (χ3n) is 8.48. The van der Waals surface area contributed by atoms with Crippen LogP contribution in [-0.2, 0) is 16.9 Å². The number of aliphatic hydroxyl groups is 1. The van der Waals surface area contributed by atoms with Gasteiger partial charge in [-0.15, -0.1) is 0 Å². The number of hydrogen-bond donors (Lipinski definition) is 3. The molecular formula is C31H30Cl2FN5O5. The summed E-state index contributed by atoms with van der Waals surface area (Å²) < 4.78 is 21.8. The second-order valence-electron chi connectivity index (χ2n) is 11.0. The van der Waals surface area contributed by atoms with Crippen LogP contribution in [0.15, 0.2) is 66.0 Å². The molecule has 1 aliphatic carbocycles. The summed E-state index contributed by atoms with van der Waals surface area (Å²) in [4.78, 5) is 27.4. The Morgan fingerprint density at radius 1 is 1.41 bits per heavy atom. The average Bonchev–Trinajstić information content (AvgIpc) is 3.70. The van der Waals surface area contributed by atoms with E-state index < -0.39 is 46.8 Å². The molecule has 0 unspecified atom stereocenters. The molecule has 2 aromatic rings. The molecule has 44 heavy (non-hydrogen) atoms.